The van der Waals surface area contributed by atoms with E-state index in [4.69, 9.17) is 10.2 Å². The van der Waals surface area contributed by atoms with Crippen LogP contribution in [0, 0.1) is 0 Å². The van der Waals surface area contributed by atoms with Crippen LogP contribution in [0.15, 0.2) is 0 Å². The van der Waals surface area contributed by atoms with Gasteiger partial charge in [-0.15, -0.1) is 0 Å². The summed E-state index contributed by atoms with van der Waals surface area (Å²) in [6, 6.07) is 0. The van der Waals surface area contributed by atoms with Crippen LogP contribution in [0.1, 0.15) is 13.3 Å². The van der Waals surface area contributed by atoms with Gasteiger partial charge in [0.2, 0.25) is 0 Å². The van der Waals surface area contributed by atoms with E-state index in [9.17, 15) is 4.79 Å². The number of aldehydes is 1. The first-order valence-corrected chi connectivity index (χ1v) is 2.48. The monoisotopic (exact) mass is 118 g/mol. The molecule has 0 aliphatic heterocycles. The van der Waals surface area contributed by atoms with E-state index in [1.165, 1.54) is 6.92 Å². The molecule has 0 aliphatic carbocycles. The lowest BCUT2D eigenvalue weighted by Crippen LogP contribution is -2.15. The van der Waals surface area contributed by atoms with E-state index in [-0.39, 0.29) is 6.42 Å². The Bertz CT molecular complexity index is 70.1. The number of aliphatic hydroxyl groups excluding tert-OH is 2. The molecule has 0 aromatic heterocycles. The summed E-state index contributed by atoms with van der Waals surface area (Å²) in [6.07, 6.45) is -1.07. The van der Waals surface area contributed by atoms with Gasteiger partial charge in [0.05, 0.1) is 6.10 Å². The van der Waals surface area contributed by atoms with Gasteiger partial charge in [-0.1, -0.05) is 0 Å². The van der Waals surface area contributed by atoms with Crippen LogP contribution in [0.5, 0.6) is 0 Å². The van der Waals surface area contributed by atoms with Crippen molar-refractivity contribution in [3.63, 3.8) is 0 Å². The average Bonchev–Trinajstić information content (AvgIpc) is 1.65. The highest BCUT2D eigenvalue weighted by atomic mass is 16.3. The fourth-order valence-electron chi connectivity index (χ4n) is 0.405. The molecule has 0 rings (SSSR count). The van der Waals surface area contributed by atoms with Crippen LogP contribution in [0.4, 0.5) is 0 Å². The van der Waals surface area contributed by atoms with E-state index in [0.717, 1.165) is 0 Å². The van der Waals surface area contributed by atoms with Crippen LogP contribution < -0.4 is 0 Å². The fourth-order valence-corrected chi connectivity index (χ4v) is 0.405. The summed E-state index contributed by atoms with van der Waals surface area (Å²) < 4.78 is 0. The minimum absolute atomic E-state index is 0.128. The van der Waals surface area contributed by atoms with Gasteiger partial charge in [0, 0.05) is 6.42 Å². The van der Waals surface area contributed by atoms with Crippen molar-refractivity contribution in [3.05, 3.63) is 0 Å². The molecule has 48 valence electrons. The topological polar surface area (TPSA) is 57.5 Å². The summed E-state index contributed by atoms with van der Waals surface area (Å²) >= 11 is 0. The maximum atomic E-state index is 9.68. The van der Waals surface area contributed by atoms with Gasteiger partial charge in [0.25, 0.3) is 0 Å². The molecule has 0 saturated carbocycles. The number of rotatable bonds is 3. The van der Waals surface area contributed by atoms with E-state index in [1.807, 2.05) is 0 Å². The molecule has 0 aliphatic rings. The predicted octanol–water partition coefficient (Wildman–Crippen LogP) is -0.683. The molecule has 0 unspecified atom stereocenters. The van der Waals surface area contributed by atoms with Crippen LogP contribution in [0.2, 0.25) is 0 Å². The summed E-state index contributed by atoms with van der Waals surface area (Å²) in [5.74, 6) is 0. The molecular weight excluding hydrogens is 108 g/mol. The van der Waals surface area contributed by atoms with Crippen molar-refractivity contribution in [2.75, 3.05) is 0 Å². The Kier molecular flexibility index (Phi) is 3.39. The van der Waals surface area contributed by atoms with Crippen LogP contribution in [0.3, 0.4) is 0 Å². The third-order valence-corrected chi connectivity index (χ3v) is 0.740. The van der Waals surface area contributed by atoms with Crippen molar-refractivity contribution >= 4 is 6.29 Å². The zero-order valence-electron chi connectivity index (χ0n) is 4.74. The molecule has 0 spiro atoms. The highest BCUT2D eigenvalue weighted by molar-refractivity contribution is 5.55. The third-order valence-electron chi connectivity index (χ3n) is 0.740. The van der Waals surface area contributed by atoms with Crippen molar-refractivity contribution in [1.29, 1.82) is 0 Å². The van der Waals surface area contributed by atoms with E-state index >= 15 is 0 Å². The maximum Gasteiger partial charge on any atom is 0.148 e. The molecule has 3 heteroatoms. The first kappa shape index (κ1) is 7.59. The molecule has 0 bridgehead atoms. The van der Waals surface area contributed by atoms with Gasteiger partial charge in [0.15, 0.2) is 0 Å². The number of carbonyl (C=O) groups excluding carboxylic acids is 1. The number of hydrogen-bond donors (Lipinski definition) is 2. The van der Waals surface area contributed by atoms with E-state index in [0.29, 0.717) is 6.29 Å². The second kappa shape index (κ2) is 3.57. The molecule has 0 aromatic rings. The molecule has 0 amide bonds. The zero-order chi connectivity index (χ0) is 6.57. The van der Waals surface area contributed by atoms with E-state index in [1.54, 1.807) is 0 Å². The van der Waals surface area contributed by atoms with E-state index in [2.05, 4.69) is 0 Å². The lowest BCUT2D eigenvalue weighted by Gasteiger charge is -2.03. The summed E-state index contributed by atoms with van der Waals surface area (Å²) in [6.45, 7) is 1.52. The smallest absolute Gasteiger partial charge is 0.148 e. The Morgan fingerprint density at radius 1 is 1.62 bits per heavy atom. The van der Waals surface area contributed by atoms with Crippen molar-refractivity contribution in [3.8, 4) is 0 Å². The molecule has 0 radical (unpaired) electrons. The van der Waals surface area contributed by atoms with E-state index < -0.39 is 12.2 Å². The lowest BCUT2D eigenvalue weighted by atomic mass is 10.2. The average molecular weight is 118 g/mol. The van der Waals surface area contributed by atoms with Gasteiger partial charge >= 0.3 is 0 Å². The quantitative estimate of drug-likeness (QED) is 0.482. The highest BCUT2D eigenvalue weighted by Crippen LogP contribution is 1.92. The Hall–Kier alpha value is -0.410. The first-order chi connectivity index (χ1) is 3.66. The largest absolute Gasteiger partial charge is 0.393 e. The molecular formula is C5H10O3. The van der Waals surface area contributed by atoms with Gasteiger partial charge in [0.1, 0.15) is 12.4 Å². The molecule has 0 heterocycles. The Morgan fingerprint density at radius 2 is 2.12 bits per heavy atom. The standard InChI is InChI=1S/C5H10O3/c1-4(7)2-5(8)3-6/h3-5,7-8H,2H2,1H3/t4-,5-/m1/s1. The molecule has 3 nitrogen and oxygen atoms in total. The van der Waals surface area contributed by atoms with Crippen LogP contribution in [0.25, 0.3) is 0 Å². The fraction of sp³-hybridized carbons (Fsp3) is 0.800. The van der Waals surface area contributed by atoms with Gasteiger partial charge < -0.3 is 15.0 Å². The Balaban J connectivity index is 3.23. The molecule has 0 fully saturated rings. The van der Waals surface area contributed by atoms with Crippen molar-refractivity contribution in [1.82, 2.24) is 0 Å². The second-order valence-corrected chi connectivity index (χ2v) is 1.79. The van der Waals surface area contributed by atoms with Crippen molar-refractivity contribution < 1.29 is 15.0 Å². The lowest BCUT2D eigenvalue weighted by molar-refractivity contribution is -0.116. The van der Waals surface area contributed by atoms with Crippen LogP contribution in [-0.4, -0.2) is 28.7 Å². The third kappa shape index (κ3) is 3.77. The molecule has 8 heavy (non-hydrogen) atoms. The molecule has 2 atom stereocenters. The summed E-state index contributed by atoms with van der Waals surface area (Å²) in [5, 5.41) is 17.0. The molecule has 2 N–H and O–H groups in total. The highest BCUT2D eigenvalue weighted by Gasteiger charge is 2.04. The van der Waals surface area contributed by atoms with Gasteiger partial charge in [-0.05, 0) is 6.92 Å². The van der Waals surface area contributed by atoms with Gasteiger partial charge in [-0.2, -0.15) is 0 Å². The predicted molar refractivity (Wildman–Crippen MR) is 28.4 cm³/mol. The maximum absolute atomic E-state index is 9.68. The summed E-state index contributed by atoms with van der Waals surface area (Å²) in [4.78, 5) is 9.68. The van der Waals surface area contributed by atoms with Gasteiger partial charge in [-0.3, -0.25) is 0 Å². The second-order valence-electron chi connectivity index (χ2n) is 1.79. The SMILES string of the molecule is C[C@@H](O)C[C@@H](O)C=O. The van der Waals surface area contributed by atoms with Crippen molar-refractivity contribution in [2.24, 2.45) is 0 Å². The normalized spacial score (nSPS) is 17.4. The minimum atomic E-state index is -1.00. The minimum Gasteiger partial charge on any atom is -0.393 e. The van der Waals surface area contributed by atoms with Crippen LogP contribution in [-0.2, 0) is 4.79 Å². The number of carbonyl (C=O) groups is 1. The Morgan fingerprint density at radius 3 is 2.25 bits per heavy atom. The van der Waals surface area contributed by atoms with Gasteiger partial charge in [-0.25, -0.2) is 0 Å². The number of hydrogen-bond acceptors (Lipinski definition) is 3. The molecule has 0 aromatic carbocycles. The Labute approximate surface area is 47.9 Å². The van der Waals surface area contributed by atoms with Crippen LogP contribution >= 0.6 is 0 Å². The summed E-state index contributed by atoms with van der Waals surface area (Å²) in [7, 11) is 0. The summed E-state index contributed by atoms with van der Waals surface area (Å²) in [5.41, 5.74) is 0. The first-order valence-electron chi connectivity index (χ1n) is 2.48. The van der Waals surface area contributed by atoms with Crippen molar-refractivity contribution in [2.45, 2.75) is 25.6 Å². The number of aliphatic hydroxyl groups is 2. The zero-order valence-corrected chi connectivity index (χ0v) is 4.74. The molecule has 0 saturated heterocycles.